The van der Waals surface area contributed by atoms with Crippen LogP contribution < -0.4 is 0 Å². The number of sulfonamides is 1. The van der Waals surface area contributed by atoms with Gasteiger partial charge in [0.05, 0.1) is 24.9 Å². The van der Waals surface area contributed by atoms with E-state index in [2.05, 4.69) is 4.74 Å². The van der Waals surface area contributed by atoms with E-state index < -0.39 is 27.5 Å². The van der Waals surface area contributed by atoms with Crippen LogP contribution in [0.25, 0.3) is 0 Å². The van der Waals surface area contributed by atoms with E-state index in [0.29, 0.717) is 6.42 Å². The van der Waals surface area contributed by atoms with Crippen molar-refractivity contribution in [3.63, 3.8) is 0 Å². The molecule has 1 N–H and O–H groups in total. The van der Waals surface area contributed by atoms with Crippen LogP contribution in [0.1, 0.15) is 26.2 Å². The highest BCUT2D eigenvalue weighted by molar-refractivity contribution is 7.88. The minimum absolute atomic E-state index is 0.239. The molecule has 0 bridgehead atoms. The molecule has 0 spiro atoms. The van der Waals surface area contributed by atoms with Gasteiger partial charge in [0.1, 0.15) is 0 Å². The van der Waals surface area contributed by atoms with Crippen molar-refractivity contribution in [1.29, 1.82) is 0 Å². The van der Waals surface area contributed by atoms with Crippen LogP contribution in [0.3, 0.4) is 0 Å². The molecule has 0 aromatic carbocycles. The lowest BCUT2D eigenvalue weighted by Gasteiger charge is -2.40. The molecule has 18 heavy (non-hydrogen) atoms. The predicted octanol–water partition coefficient (Wildman–Crippen LogP) is -0.0279. The molecule has 1 aliphatic rings. The van der Waals surface area contributed by atoms with Crippen LogP contribution in [-0.4, -0.2) is 55.9 Å². The largest absolute Gasteiger partial charge is 0.469 e. The third kappa shape index (κ3) is 3.21. The molecule has 0 radical (unpaired) electrons. The zero-order valence-electron chi connectivity index (χ0n) is 11.0. The summed E-state index contributed by atoms with van der Waals surface area (Å²) in [5.74, 6) is -1.03. The van der Waals surface area contributed by atoms with Crippen molar-refractivity contribution in [2.24, 2.45) is 5.92 Å². The Morgan fingerprint density at radius 3 is 2.28 bits per heavy atom. The number of esters is 1. The van der Waals surface area contributed by atoms with Gasteiger partial charge in [-0.25, -0.2) is 12.7 Å². The number of piperidine rings is 1. The Morgan fingerprint density at radius 1 is 1.44 bits per heavy atom. The van der Waals surface area contributed by atoms with Crippen molar-refractivity contribution in [1.82, 2.24) is 4.31 Å². The van der Waals surface area contributed by atoms with Crippen molar-refractivity contribution >= 4 is 16.0 Å². The number of ether oxygens (including phenoxy) is 1. The molecule has 1 saturated heterocycles. The molecule has 1 aliphatic heterocycles. The number of nitrogens with zero attached hydrogens (tertiary/aromatic N) is 1. The zero-order chi connectivity index (χ0) is 14.0. The average Bonchev–Trinajstić information content (AvgIpc) is 2.28. The third-order valence-corrected chi connectivity index (χ3v) is 4.90. The van der Waals surface area contributed by atoms with Crippen molar-refractivity contribution in [3.05, 3.63) is 0 Å². The fourth-order valence-electron chi connectivity index (χ4n) is 2.46. The van der Waals surface area contributed by atoms with Crippen LogP contribution in [-0.2, 0) is 19.6 Å². The molecular weight excluding hydrogens is 258 g/mol. The first-order chi connectivity index (χ1) is 8.24. The summed E-state index contributed by atoms with van der Waals surface area (Å²) in [4.78, 5) is 11.6. The van der Waals surface area contributed by atoms with Gasteiger partial charge in [0.15, 0.2) is 0 Å². The smallest absolute Gasteiger partial charge is 0.311 e. The number of rotatable bonds is 4. The van der Waals surface area contributed by atoms with Gasteiger partial charge in [-0.15, -0.1) is 0 Å². The Kier molecular flexibility index (Phi) is 4.74. The van der Waals surface area contributed by atoms with Gasteiger partial charge in [-0.3, -0.25) is 4.79 Å². The van der Waals surface area contributed by atoms with Gasteiger partial charge >= 0.3 is 5.97 Å². The van der Waals surface area contributed by atoms with E-state index >= 15 is 0 Å². The lowest BCUT2D eigenvalue weighted by Crippen LogP contribution is -2.52. The average molecular weight is 279 g/mol. The molecule has 0 aromatic rings. The fourth-order valence-corrected chi connectivity index (χ4v) is 3.31. The molecule has 1 unspecified atom stereocenters. The van der Waals surface area contributed by atoms with E-state index in [-0.39, 0.29) is 25.9 Å². The Bertz CT molecular complexity index is 398. The van der Waals surface area contributed by atoms with Crippen molar-refractivity contribution in [3.8, 4) is 0 Å². The number of aliphatic hydroxyl groups is 1. The molecular formula is C11H21NO5S. The van der Waals surface area contributed by atoms with Crippen LogP contribution in [0, 0.1) is 5.92 Å². The molecule has 6 nitrogen and oxygen atoms in total. The fraction of sp³-hybridized carbons (Fsp3) is 0.909. The topological polar surface area (TPSA) is 83.9 Å². The number of carbonyl (C=O) groups is 1. The first-order valence-corrected chi connectivity index (χ1v) is 7.84. The maximum absolute atomic E-state index is 11.6. The molecule has 1 rings (SSSR count). The Balaban J connectivity index is 2.77. The predicted molar refractivity (Wildman–Crippen MR) is 66.4 cm³/mol. The van der Waals surface area contributed by atoms with Gasteiger partial charge in [0, 0.05) is 13.1 Å². The van der Waals surface area contributed by atoms with Crippen LogP contribution in [0.5, 0.6) is 0 Å². The van der Waals surface area contributed by atoms with Gasteiger partial charge in [0.25, 0.3) is 0 Å². The van der Waals surface area contributed by atoms with Crippen molar-refractivity contribution < 1.29 is 23.1 Å². The van der Waals surface area contributed by atoms with Crippen LogP contribution in [0.4, 0.5) is 0 Å². The van der Waals surface area contributed by atoms with Crippen molar-refractivity contribution in [2.45, 2.75) is 31.8 Å². The Labute approximate surface area is 108 Å². The van der Waals surface area contributed by atoms with Crippen LogP contribution in [0.15, 0.2) is 0 Å². The summed E-state index contributed by atoms with van der Waals surface area (Å²) in [6, 6.07) is 0. The summed E-state index contributed by atoms with van der Waals surface area (Å²) < 4.78 is 28.8. The summed E-state index contributed by atoms with van der Waals surface area (Å²) in [5, 5.41) is 10.5. The summed E-state index contributed by atoms with van der Waals surface area (Å²) in [7, 11) is -1.94. The summed E-state index contributed by atoms with van der Waals surface area (Å²) in [6.07, 6.45) is 2.14. The van der Waals surface area contributed by atoms with E-state index in [1.165, 1.54) is 11.4 Å². The Hall–Kier alpha value is -0.660. The molecule has 0 saturated carbocycles. The quantitative estimate of drug-likeness (QED) is 0.731. The van der Waals surface area contributed by atoms with Gasteiger partial charge in [-0.2, -0.15) is 0 Å². The molecule has 1 fully saturated rings. The van der Waals surface area contributed by atoms with Gasteiger partial charge < -0.3 is 9.84 Å². The summed E-state index contributed by atoms with van der Waals surface area (Å²) in [6.45, 7) is 2.29. The van der Waals surface area contributed by atoms with Crippen LogP contribution >= 0.6 is 0 Å². The molecule has 106 valence electrons. The van der Waals surface area contributed by atoms with E-state index in [0.717, 1.165) is 6.26 Å². The maximum Gasteiger partial charge on any atom is 0.311 e. The highest BCUT2D eigenvalue weighted by Gasteiger charge is 2.44. The second-order valence-corrected chi connectivity index (χ2v) is 6.73. The summed E-state index contributed by atoms with van der Waals surface area (Å²) >= 11 is 0. The normalized spacial score (nSPS) is 22.4. The number of hydrogen-bond acceptors (Lipinski definition) is 5. The first-order valence-electron chi connectivity index (χ1n) is 6.00. The lowest BCUT2D eigenvalue weighted by atomic mass is 9.78. The van der Waals surface area contributed by atoms with E-state index in [1.807, 2.05) is 6.92 Å². The third-order valence-electron chi connectivity index (χ3n) is 3.60. The van der Waals surface area contributed by atoms with Crippen LogP contribution in [0.2, 0.25) is 0 Å². The highest BCUT2D eigenvalue weighted by atomic mass is 32.2. The number of methoxy groups -OCH3 is 1. The summed E-state index contributed by atoms with van der Waals surface area (Å²) in [5.41, 5.74) is -1.16. The van der Waals surface area contributed by atoms with Crippen molar-refractivity contribution in [2.75, 3.05) is 26.5 Å². The second-order valence-electron chi connectivity index (χ2n) is 4.75. The molecule has 1 atom stereocenters. The maximum atomic E-state index is 11.6. The van der Waals surface area contributed by atoms with Gasteiger partial charge in [-0.1, -0.05) is 6.92 Å². The molecule has 0 aliphatic carbocycles. The Morgan fingerprint density at radius 2 is 1.94 bits per heavy atom. The molecule has 1 heterocycles. The van der Waals surface area contributed by atoms with E-state index in [1.54, 1.807) is 0 Å². The lowest BCUT2D eigenvalue weighted by molar-refractivity contribution is -0.159. The minimum atomic E-state index is -3.23. The molecule has 0 amide bonds. The number of carbonyl (C=O) groups excluding carboxylic acids is 1. The van der Waals surface area contributed by atoms with E-state index in [4.69, 9.17) is 0 Å². The molecule has 0 aromatic heterocycles. The first kappa shape index (κ1) is 15.4. The minimum Gasteiger partial charge on any atom is -0.469 e. The monoisotopic (exact) mass is 279 g/mol. The molecule has 7 heteroatoms. The SMILES string of the molecule is CCC(C(=O)OC)C1(O)CCN(S(C)(=O)=O)CC1. The second kappa shape index (κ2) is 5.54. The zero-order valence-corrected chi connectivity index (χ0v) is 11.9. The standard InChI is InChI=1S/C11H21NO5S/c1-4-9(10(13)17-2)11(14)5-7-12(8-6-11)18(3,15)16/h9,14H,4-8H2,1-3H3. The number of hydrogen-bond donors (Lipinski definition) is 1. The van der Waals surface area contributed by atoms with Gasteiger partial charge in [0.2, 0.25) is 10.0 Å². The van der Waals surface area contributed by atoms with E-state index in [9.17, 15) is 18.3 Å². The van der Waals surface area contributed by atoms with Gasteiger partial charge in [-0.05, 0) is 19.3 Å². The highest BCUT2D eigenvalue weighted by Crippen LogP contribution is 2.33.